The minimum absolute atomic E-state index is 0.112. The summed E-state index contributed by atoms with van der Waals surface area (Å²) in [5.41, 5.74) is 0.272. The van der Waals surface area contributed by atoms with Crippen molar-refractivity contribution in [3.8, 4) is 0 Å². The number of carbonyl (C=O) groups is 1. The number of aromatic nitrogens is 1. The van der Waals surface area contributed by atoms with E-state index in [4.69, 9.17) is 0 Å². The average molecular weight is 402 g/mol. The van der Waals surface area contributed by atoms with Gasteiger partial charge in [-0.2, -0.15) is 0 Å². The van der Waals surface area contributed by atoms with Gasteiger partial charge in [0.05, 0.1) is 4.90 Å². The van der Waals surface area contributed by atoms with Gasteiger partial charge in [0.25, 0.3) is 5.91 Å². The van der Waals surface area contributed by atoms with Crippen LogP contribution in [0.15, 0.2) is 47.5 Å². The predicted octanol–water partition coefficient (Wildman–Crippen LogP) is 2.34. The smallest absolute Gasteiger partial charge is 0.256 e. The first-order valence-corrected chi connectivity index (χ1v) is 8.56. The lowest BCUT2D eigenvalue weighted by molar-refractivity contribution is 0.102. The van der Waals surface area contributed by atoms with Crippen molar-refractivity contribution in [1.82, 2.24) is 4.98 Å². The molecule has 20 heavy (non-hydrogen) atoms. The maximum Gasteiger partial charge on any atom is 0.256 e. The molecule has 2 rings (SSSR count). The zero-order valence-electron chi connectivity index (χ0n) is 10.5. The Hall–Kier alpha value is -1.48. The van der Waals surface area contributed by atoms with Crippen LogP contribution < -0.4 is 5.32 Å². The summed E-state index contributed by atoms with van der Waals surface area (Å²) < 4.78 is 23.9. The van der Waals surface area contributed by atoms with Crippen LogP contribution >= 0.6 is 22.6 Å². The number of rotatable bonds is 3. The largest absolute Gasteiger partial charge is 0.307 e. The maximum atomic E-state index is 12.0. The van der Waals surface area contributed by atoms with Gasteiger partial charge in [0.1, 0.15) is 5.82 Å². The van der Waals surface area contributed by atoms with Crippen LogP contribution in [0.3, 0.4) is 0 Å². The lowest BCUT2D eigenvalue weighted by atomic mass is 10.2. The molecule has 7 heteroatoms. The zero-order chi connectivity index (χ0) is 14.8. The molecule has 0 unspecified atom stereocenters. The Morgan fingerprint density at radius 3 is 2.60 bits per heavy atom. The molecule has 0 radical (unpaired) electrons. The van der Waals surface area contributed by atoms with E-state index in [1.165, 1.54) is 18.2 Å². The molecule has 0 atom stereocenters. The van der Waals surface area contributed by atoms with E-state index >= 15 is 0 Å². The van der Waals surface area contributed by atoms with Gasteiger partial charge < -0.3 is 5.32 Å². The second-order valence-corrected chi connectivity index (χ2v) is 7.38. The van der Waals surface area contributed by atoms with E-state index in [-0.39, 0.29) is 10.5 Å². The molecule has 0 spiro atoms. The third-order valence-corrected chi connectivity index (χ3v) is 4.24. The minimum Gasteiger partial charge on any atom is -0.307 e. The van der Waals surface area contributed by atoms with Gasteiger partial charge >= 0.3 is 0 Å². The fraction of sp³-hybridized carbons (Fsp3) is 0.0769. The van der Waals surface area contributed by atoms with E-state index in [1.54, 1.807) is 18.3 Å². The fourth-order valence-corrected chi connectivity index (χ4v) is 2.49. The summed E-state index contributed by atoms with van der Waals surface area (Å²) in [5.74, 6) is 0.0179. The summed E-state index contributed by atoms with van der Waals surface area (Å²) >= 11 is 2.11. The summed E-state index contributed by atoms with van der Waals surface area (Å²) in [7, 11) is -3.33. The summed E-state index contributed by atoms with van der Waals surface area (Å²) in [5, 5.41) is 2.62. The number of amides is 1. The molecule has 0 aliphatic rings. The fourth-order valence-electron chi connectivity index (χ4n) is 1.51. The van der Waals surface area contributed by atoms with Crippen molar-refractivity contribution < 1.29 is 13.2 Å². The molecule has 1 amide bonds. The molecule has 1 aromatic carbocycles. The van der Waals surface area contributed by atoms with Gasteiger partial charge in [-0.05, 0) is 52.9 Å². The third kappa shape index (κ3) is 3.76. The Kier molecular flexibility index (Phi) is 4.39. The van der Waals surface area contributed by atoms with Gasteiger partial charge in [0.2, 0.25) is 0 Å². The number of anilines is 1. The van der Waals surface area contributed by atoms with E-state index in [1.807, 2.05) is 6.07 Å². The first-order valence-electron chi connectivity index (χ1n) is 5.59. The molecule has 0 saturated carbocycles. The van der Waals surface area contributed by atoms with Crippen LogP contribution in [-0.2, 0) is 9.84 Å². The topological polar surface area (TPSA) is 76.1 Å². The van der Waals surface area contributed by atoms with Gasteiger partial charge in [0, 0.05) is 21.6 Å². The molecular weight excluding hydrogens is 391 g/mol. The molecule has 1 heterocycles. The standard InChI is InChI=1S/C13H11IN2O3S/c1-20(18,19)11-4-2-3-9(7-11)13(17)16-12-6-5-10(14)8-15-12/h2-8H,1H3,(H,15,16,17). The summed E-state index contributed by atoms with van der Waals surface area (Å²) in [6.07, 6.45) is 2.73. The second-order valence-electron chi connectivity index (χ2n) is 4.12. The van der Waals surface area contributed by atoms with E-state index < -0.39 is 15.7 Å². The Bertz CT molecular complexity index is 742. The Balaban J connectivity index is 2.23. The Morgan fingerprint density at radius 1 is 1.25 bits per heavy atom. The lowest BCUT2D eigenvalue weighted by Crippen LogP contribution is -2.13. The second kappa shape index (κ2) is 5.88. The van der Waals surface area contributed by atoms with Crippen molar-refractivity contribution in [2.75, 3.05) is 11.6 Å². The van der Waals surface area contributed by atoms with Crippen molar-refractivity contribution in [2.45, 2.75) is 4.90 Å². The molecule has 2 aromatic rings. The number of nitrogens with zero attached hydrogens (tertiary/aromatic N) is 1. The van der Waals surface area contributed by atoms with Crippen LogP contribution in [0.25, 0.3) is 0 Å². The highest BCUT2D eigenvalue weighted by molar-refractivity contribution is 14.1. The molecule has 1 aromatic heterocycles. The molecule has 104 valence electrons. The maximum absolute atomic E-state index is 12.0. The highest BCUT2D eigenvalue weighted by atomic mass is 127. The van der Waals surface area contributed by atoms with Crippen LogP contribution in [0, 0.1) is 3.57 Å². The molecule has 0 fully saturated rings. The van der Waals surface area contributed by atoms with E-state index in [9.17, 15) is 13.2 Å². The number of benzene rings is 1. The zero-order valence-corrected chi connectivity index (χ0v) is 13.5. The normalized spacial score (nSPS) is 11.1. The van der Waals surface area contributed by atoms with E-state index in [0.29, 0.717) is 5.82 Å². The van der Waals surface area contributed by atoms with E-state index in [0.717, 1.165) is 9.83 Å². The molecule has 0 bridgehead atoms. The number of pyridine rings is 1. The number of sulfone groups is 1. The summed E-state index contributed by atoms with van der Waals surface area (Å²) in [6, 6.07) is 9.38. The van der Waals surface area contributed by atoms with Crippen LogP contribution in [0.5, 0.6) is 0 Å². The van der Waals surface area contributed by atoms with Crippen molar-refractivity contribution in [3.63, 3.8) is 0 Å². The minimum atomic E-state index is -3.33. The van der Waals surface area contributed by atoms with Gasteiger partial charge in [-0.25, -0.2) is 13.4 Å². The number of hydrogen-bond donors (Lipinski definition) is 1. The van der Waals surface area contributed by atoms with Gasteiger partial charge in [-0.3, -0.25) is 4.79 Å². The predicted molar refractivity (Wildman–Crippen MR) is 84.5 cm³/mol. The Morgan fingerprint density at radius 2 is 2.00 bits per heavy atom. The summed E-state index contributed by atoms with van der Waals surface area (Å²) in [4.78, 5) is 16.2. The van der Waals surface area contributed by atoms with Crippen molar-refractivity contribution in [1.29, 1.82) is 0 Å². The Labute approximate surface area is 130 Å². The van der Waals surface area contributed by atoms with Crippen LogP contribution in [-0.4, -0.2) is 25.6 Å². The highest BCUT2D eigenvalue weighted by Gasteiger charge is 2.12. The molecule has 5 nitrogen and oxygen atoms in total. The molecular formula is C13H11IN2O3S. The third-order valence-electron chi connectivity index (χ3n) is 2.49. The van der Waals surface area contributed by atoms with Gasteiger partial charge in [0.15, 0.2) is 9.84 Å². The van der Waals surface area contributed by atoms with E-state index in [2.05, 4.69) is 32.9 Å². The quantitative estimate of drug-likeness (QED) is 0.800. The monoisotopic (exact) mass is 402 g/mol. The molecule has 0 aliphatic carbocycles. The van der Waals surface area contributed by atoms with Gasteiger partial charge in [-0.15, -0.1) is 0 Å². The van der Waals surface area contributed by atoms with Crippen molar-refractivity contribution in [2.24, 2.45) is 0 Å². The van der Waals surface area contributed by atoms with Gasteiger partial charge in [-0.1, -0.05) is 6.07 Å². The first-order chi connectivity index (χ1) is 9.36. The van der Waals surface area contributed by atoms with Crippen molar-refractivity contribution in [3.05, 3.63) is 51.7 Å². The summed E-state index contributed by atoms with van der Waals surface area (Å²) in [6.45, 7) is 0. The number of nitrogens with one attached hydrogen (secondary N) is 1. The first kappa shape index (κ1) is 14.9. The van der Waals surface area contributed by atoms with Crippen LogP contribution in [0.1, 0.15) is 10.4 Å². The molecule has 1 N–H and O–H groups in total. The van der Waals surface area contributed by atoms with Crippen LogP contribution in [0.4, 0.5) is 5.82 Å². The van der Waals surface area contributed by atoms with Crippen LogP contribution in [0.2, 0.25) is 0 Å². The number of halogens is 1. The van der Waals surface area contributed by atoms with Crippen molar-refractivity contribution >= 4 is 44.2 Å². The average Bonchev–Trinajstić information content (AvgIpc) is 2.40. The number of hydrogen-bond acceptors (Lipinski definition) is 4. The molecule has 0 saturated heterocycles. The molecule has 0 aliphatic heterocycles. The lowest BCUT2D eigenvalue weighted by Gasteiger charge is -2.05. The SMILES string of the molecule is CS(=O)(=O)c1cccc(C(=O)Nc2ccc(I)cn2)c1. The highest BCUT2D eigenvalue weighted by Crippen LogP contribution is 2.13. The number of carbonyl (C=O) groups excluding carboxylic acids is 1.